The first-order valence-electron chi connectivity index (χ1n) is 8.81. The molecule has 0 unspecified atom stereocenters. The third-order valence-corrected chi connectivity index (χ3v) is 5.50. The lowest BCUT2D eigenvalue weighted by molar-refractivity contribution is 0.598. The Morgan fingerprint density at radius 1 is 0.793 bits per heavy atom. The minimum Gasteiger partial charge on any atom is -0.328 e. The number of primary sulfonamides is 1. The van der Waals surface area contributed by atoms with E-state index in [-0.39, 0.29) is 10.5 Å². The van der Waals surface area contributed by atoms with Gasteiger partial charge >= 0.3 is 0 Å². The second-order valence-corrected chi connectivity index (χ2v) is 7.99. The largest absolute Gasteiger partial charge is 0.328 e. The van der Waals surface area contributed by atoms with Crippen molar-refractivity contribution in [3.8, 4) is 33.5 Å². The van der Waals surface area contributed by atoms with Crippen LogP contribution in [0.1, 0.15) is 0 Å². The summed E-state index contributed by atoms with van der Waals surface area (Å²) in [6.07, 6.45) is 3.34. The van der Waals surface area contributed by atoms with Crippen molar-refractivity contribution in [3.63, 3.8) is 0 Å². The molecule has 7 heteroatoms. The smallest absolute Gasteiger partial charge is 0.256 e. The highest BCUT2D eigenvalue weighted by Gasteiger charge is 2.19. The average Bonchev–Trinajstić information content (AvgIpc) is 2.74. The van der Waals surface area contributed by atoms with E-state index in [2.05, 4.69) is 9.97 Å². The van der Waals surface area contributed by atoms with E-state index in [4.69, 9.17) is 5.14 Å². The summed E-state index contributed by atoms with van der Waals surface area (Å²) < 4.78 is 23.2. The van der Waals surface area contributed by atoms with E-state index >= 15 is 0 Å². The highest BCUT2D eigenvalue weighted by Crippen LogP contribution is 2.36. The Bertz CT molecular complexity index is 1320. The predicted molar refractivity (Wildman–Crippen MR) is 113 cm³/mol. The molecule has 0 saturated heterocycles. The summed E-state index contributed by atoms with van der Waals surface area (Å²) >= 11 is 0. The van der Waals surface area contributed by atoms with E-state index in [0.717, 1.165) is 16.7 Å². The number of H-pyrrole nitrogens is 1. The van der Waals surface area contributed by atoms with Crippen LogP contribution in [0.15, 0.2) is 94.9 Å². The number of nitrogens with two attached hydrogens (primary N) is 1. The van der Waals surface area contributed by atoms with Gasteiger partial charge in [0.05, 0.1) is 16.2 Å². The molecule has 4 aromatic rings. The maximum Gasteiger partial charge on any atom is 0.256 e. The van der Waals surface area contributed by atoms with Gasteiger partial charge < -0.3 is 4.98 Å². The molecule has 0 aliphatic carbocycles. The molecule has 2 heterocycles. The van der Waals surface area contributed by atoms with Crippen LogP contribution >= 0.6 is 0 Å². The average molecular weight is 403 g/mol. The van der Waals surface area contributed by atoms with Crippen LogP contribution in [0.2, 0.25) is 0 Å². The van der Waals surface area contributed by atoms with Gasteiger partial charge in [0, 0.05) is 23.5 Å². The molecule has 29 heavy (non-hydrogen) atoms. The van der Waals surface area contributed by atoms with Crippen LogP contribution in [0.3, 0.4) is 0 Å². The van der Waals surface area contributed by atoms with Gasteiger partial charge in [0.25, 0.3) is 5.56 Å². The fourth-order valence-corrected chi connectivity index (χ4v) is 3.76. The van der Waals surface area contributed by atoms with Crippen molar-refractivity contribution >= 4 is 10.0 Å². The topological polar surface area (TPSA) is 106 Å². The van der Waals surface area contributed by atoms with Crippen molar-refractivity contribution in [2.75, 3.05) is 0 Å². The van der Waals surface area contributed by atoms with E-state index in [0.29, 0.717) is 16.8 Å². The maximum absolute atomic E-state index is 12.9. The molecule has 0 atom stereocenters. The number of hydrogen-bond acceptors (Lipinski definition) is 4. The van der Waals surface area contributed by atoms with Gasteiger partial charge in [-0.15, -0.1) is 0 Å². The predicted octanol–water partition coefficient (Wildman–Crippen LogP) is 3.42. The van der Waals surface area contributed by atoms with Crippen LogP contribution in [0.5, 0.6) is 0 Å². The van der Waals surface area contributed by atoms with Gasteiger partial charge in [-0.3, -0.25) is 9.78 Å². The molecule has 0 aliphatic heterocycles. The van der Waals surface area contributed by atoms with Crippen LogP contribution in [-0.4, -0.2) is 18.4 Å². The zero-order valence-corrected chi connectivity index (χ0v) is 16.1. The number of nitrogens with one attached hydrogen (secondary N) is 1. The fourth-order valence-electron chi connectivity index (χ4n) is 3.25. The number of benzene rings is 2. The summed E-state index contributed by atoms with van der Waals surface area (Å²) in [6, 6.07) is 21.1. The van der Waals surface area contributed by atoms with Crippen molar-refractivity contribution in [2.24, 2.45) is 5.14 Å². The van der Waals surface area contributed by atoms with Crippen molar-refractivity contribution in [1.29, 1.82) is 0 Å². The Labute approximate surface area is 167 Å². The molecule has 0 amide bonds. The molecule has 0 spiro atoms. The molecule has 2 aromatic heterocycles. The normalized spacial score (nSPS) is 11.3. The summed E-state index contributed by atoms with van der Waals surface area (Å²) in [5.41, 5.74) is 3.77. The lowest BCUT2D eigenvalue weighted by Crippen LogP contribution is -2.13. The monoisotopic (exact) mass is 403 g/mol. The summed E-state index contributed by atoms with van der Waals surface area (Å²) in [5.74, 6) is 0. The molecule has 0 aliphatic rings. The van der Waals surface area contributed by atoms with Gasteiger partial charge in [-0.1, -0.05) is 48.5 Å². The molecular weight excluding hydrogens is 386 g/mol. The quantitative estimate of drug-likeness (QED) is 0.544. The van der Waals surface area contributed by atoms with E-state index in [1.54, 1.807) is 24.5 Å². The molecule has 0 radical (unpaired) electrons. The summed E-state index contributed by atoms with van der Waals surface area (Å²) in [4.78, 5) is 20.1. The van der Waals surface area contributed by atoms with Crippen molar-refractivity contribution in [2.45, 2.75) is 4.90 Å². The fraction of sp³-hybridized carbons (Fsp3) is 0. The molecule has 0 saturated carbocycles. The third kappa shape index (κ3) is 3.73. The molecule has 6 nitrogen and oxygen atoms in total. The first-order valence-corrected chi connectivity index (χ1v) is 10.4. The molecule has 0 fully saturated rings. The lowest BCUT2D eigenvalue weighted by Gasteiger charge is -2.15. The number of aromatic nitrogens is 2. The molecule has 2 aromatic carbocycles. The Balaban J connectivity index is 2.03. The Kier molecular flexibility index (Phi) is 4.84. The highest BCUT2D eigenvalue weighted by atomic mass is 32.2. The minimum absolute atomic E-state index is 0.0141. The Morgan fingerprint density at radius 3 is 2.07 bits per heavy atom. The van der Waals surface area contributed by atoms with Gasteiger partial charge in [-0.2, -0.15) is 0 Å². The highest BCUT2D eigenvalue weighted by molar-refractivity contribution is 7.89. The summed E-state index contributed by atoms with van der Waals surface area (Å²) in [7, 11) is -3.82. The second kappa shape index (κ2) is 7.46. The first-order chi connectivity index (χ1) is 13.9. The number of hydrogen-bond donors (Lipinski definition) is 2. The van der Waals surface area contributed by atoms with Gasteiger partial charge in [0.15, 0.2) is 0 Å². The van der Waals surface area contributed by atoms with Crippen LogP contribution in [-0.2, 0) is 10.0 Å². The van der Waals surface area contributed by atoms with Crippen molar-refractivity contribution < 1.29 is 8.42 Å². The van der Waals surface area contributed by atoms with Crippen molar-refractivity contribution in [3.05, 3.63) is 95.5 Å². The van der Waals surface area contributed by atoms with Gasteiger partial charge in [0.2, 0.25) is 10.0 Å². The van der Waals surface area contributed by atoms with Crippen LogP contribution in [0.25, 0.3) is 33.5 Å². The number of nitrogens with zero attached hydrogens (tertiary/aromatic N) is 1. The second-order valence-electron chi connectivity index (χ2n) is 6.43. The number of rotatable bonds is 4. The third-order valence-electron chi connectivity index (χ3n) is 4.57. The maximum atomic E-state index is 12.9. The van der Waals surface area contributed by atoms with Crippen LogP contribution in [0, 0.1) is 0 Å². The lowest BCUT2D eigenvalue weighted by atomic mass is 9.91. The first kappa shape index (κ1) is 18.8. The minimum atomic E-state index is -3.82. The Morgan fingerprint density at radius 2 is 1.45 bits per heavy atom. The van der Waals surface area contributed by atoms with E-state index in [9.17, 15) is 13.2 Å². The van der Waals surface area contributed by atoms with Gasteiger partial charge in [0.1, 0.15) is 0 Å². The van der Waals surface area contributed by atoms with E-state index in [1.165, 1.54) is 12.1 Å². The zero-order chi connectivity index (χ0) is 20.4. The van der Waals surface area contributed by atoms with E-state index < -0.39 is 10.0 Å². The molecule has 3 N–H and O–H groups in total. The number of sulfonamides is 1. The Hall–Kier alpha value is -3.55. The standard InChI is InChI=1S/C22H17N3O3S/c23-29(27,28)17-11-9-16(10-12-17)21-20(15-6-2-1-3-7-15)18(14-25-22(21)26)19-8-4-5-13-24-19/h1-14H,(H,25,26)(H2,23,27,28). The number of pyridine rings is 2. The SMILES string of the molecule is NS(=O)(=O)c1ccc(-c2c(-c3ccccc3)c(-c3ccccn3)c[nH]c2=O)cc1. The van der Waals surface area contributed by atoms with Crippen LogP contribution < -0.4 is 10.7 Å². The van der Waals surface area contributed by atoms with Crippen molar-refractivity contribution in [1.82, 2.24) is 9.97 Å². The molecular formula is C22H17N3O3S. The molecule has 4 rings (SSSR count). The molecule has 144 valence electrons. The van der Waals surface area contributed by atoms with Crippen LogP contribution in [0.4, 0.5) is 0 Å². The summed E-state index contributed by atoms with van der Waals surface area (Å²) in [5, 5.41) is 5.19. The zero-order valence-electron chi connectivity index (χ0n) is 15.2. The van der Waals surface area contributed by atoms with E-state index in [1.807, 2.05) is 48.5 Å². The molecule has 0 bridgehead atoms. The van der Waals surface area contributed by atoms with Gasteiger partial charge in [-0.25, -0.2) is 13.6 Å². The number of aromatic amines is 1. The summed E-state index contributed by atoms with van der Waals surface area (Å²) in [6.45, 7) is 0. The van der Waals surface area contributed by atoms with Gasteiger partial charge in [-0.05, 0) is 35.4 Å².